The second-order valence-corrected chi connectivity index (χ2v) is 7.08. The molecule has 0 atom stereocenters. The SMILES string of the molecule is Cc1cc(NS(=O)(=O)c2cnc[nH]2)cnc1N1CCCCC1. The van der Waals surface area contributed by atoms with Crippen LogP contribution in [0.2, 0.25) is 0 Å². The average Bonchev–Trinajstić information content (AvgIpc) is 3.03. The summed E-state index contributed by atoms with van der Waals surface area (Å²) in [4.78, 5) is 13.0. The maximum absolute atomic E-state index is 12.1. The van der Waals surface area contributed by atoms with Crippen LogP contribution in [0.1, 0.15) is 24.8 Å². The zero-order valence-electron chi connectivity index (χ0n) is 12.4. The van der Waals surface area contributed by atoms with Gasteiger partial charge in [-0.15, -0.1) is 0 Å². The summed E-state index contributed by atoms with van der Waals surface area (Å²) in [5.41, 5.74) is 1.42. The van der Waals surface area contributed by atoms with Gasteiger partial charge in [-0.25, -0.2) is 9.97 Å². The summed E-state index contributed by atoms with van der Waals surface area (Å²) in [6, 6.07) is 1.81. The van der Waals surface area contributed by atoms with E-state index in [1.807, 2.05) is 13.0 Å². The fourth-order valence-corrected chi connectivity index (χ4v) is 3.60. The van der Waals surface area contributed by atoms with Crippen LogP contribution in [0.5, 0.6) is 0 Å². The number of piperidine rings is 1. The Morgan fingerprint density at radius 3 is 2.64 bits per heavy atom. The van der Waals surface area contributed by atoms with Crippen molar-refractivity contribution in [3.05, 3.63) is 30.4 Å². The van der Waals surface area contributed by atoms with Gasteiger partial charge in [-0.3, -0.25) is 4.72 Å². The molecule has 1 aliphatic rings. The van der Waals surface area contributed by atoms with E-state index < -0.39 is 10.0 Å². The molecule has 1 fully saturated rings. The summed E-state index contributed by atoms with van der Waals surface area (Å²) in [6.07, 6.45) is 7.77. The maximum atomic E-state index is 12.1. The molecule has 1 aliphatic heterocycles. The molecule has 0 unspecified atom stereocenters. The van der Waals surface area contributed by atoms with Gasteiger partial charge < -0.3 is 9.88 Å². The van der Waals surface area contributed by atoms with Crippen molar-refractivity contribution in [2.24, 2.45) is 0 Å². The van der Waals surface area contributed by atoms with Crippen molar-refractivity contribution in [2.45, 2.75) is 31.2 Å². The molecule has 3 rings (SSSR count). The van der Waals surface area contributed by atoms with Gasteiger partial charge in [-0.2, -0.15) is 8.42 Å². The zero-order valence-corrected chi connectivity index (χ0v) is 13.2. The smallest absolute Gasteiger partial charge is 0.279 e. The zero-order chi connectivity index (χ0) is 15.6. The monoisotopic (exact) mass is 321 g/mol. The van der Waals surface area contributed by atoms with E-state index in [-0.39, 0.29) is 5.03 Å². The Morgan fingerprint density at radius 1 is 1.23 bits per heavy atom. The van der Waals surface area contributed by atoms with Gasteiger partial charge in [0.15, 0.2) is 5.03 Å². The average molecular weight is 321 g/mol. The lowest BCUT2D eigenvalue weighted by molar-refractivity contribution is 0.572. The molecule has 0 amide bonds. The molecule has 22 heavy (non-hydrogen) atoms. The van der Waals surface area contributed by atoms with E-state index in [2.05, 4.69) is 24.6 Å². The first-order chi connectivity index (χ1) is 10.6. The first-order valence-electron chi connectivity index (χ1n) is 7.29. The summed E-state index contributed by atoms with van der Waals surface area (Å²) < 4.78 is 26.8. The summed E-state index contributed by atoms with van der Waals surface area (Å²) in [6.45, 7) is 3.96. The molecule has 1 saturated heterocycles. The molecule has 2 aromatic heterocycles. The molecule has 0 saturated carbocycles. The second kappa shape index (κ2) is 5.96. The normalized spacial score (nSPS) is 15.8. The number of hydrogen-bond donors (Lipinski definition) is 2. The van der Waals surface area contributed by atoms with E-state index in [4.69, 9.17) is 0 Å². The van der Waals surface area contributed by atoms with E-state index in [0.717, 1.165) is 24.5 Å². The minimum absolute atomic E-state index is 0.0326. The van der Waals surface area contributed by atoms with Crippen LogP contribution in [0.25, 0.3) is 0 Å². The van der Waals surface area contributed by atoms with Crippen LogP contribution in [0.15, 0.2) is 29.8 Å². The fraction of sp³-hybridized carbons (Fsp3) is 0.429. The van der Waals surface area contributed by atoms with Gasteiger partial charge in [0.2, 0.25) is 0 Å². The highest BCUT2D eigenvalue weighted by atomic mass is 32.2. The van der Waals surface area contributed by atoms with Crippen molar-refractivity contribution >= 4 is 21.5 Å². The van der Waals surface area contributed by atoms with E-state index in [0.29, 0.717) is 5.69 Å². The van der Waals surface area contributed by atoms with Crippen LogP contribution in [0.4, 0.5) is 11.5 Å². The summed E-state index contributed by atoms with van der Waals surface area (Å²) >= 11 is 0. The molecule has 0 aliphatic carbocycles. The van der Waals surface area contributed by atoms with E-state index in [1.165, 1.54) is 31.8 Å². The first kappa shape index (κ1) is 14.8. The number of nitrogens with one attached hydrogen (secondary N) is 2. The number of aromatic amines is 1. The molecule has 2 aromatic rings. The Morgan fingerprint density at radius 2 is 2.00 bits per heavy atom. The van der Waals surface area contributed by atoms with Crippen LogP contribution < -0.4 is 9.62 Å². The fourth-order valence-electron chi connectivity index (χ4n) is 2.66. The highest BCUT2D eigenvalue weighted by Crippen LogP contribution is 2.24. The van der Waals surface area contributed by atoms with Gasteiger partial charge in [-0.1, -0.05) is 0 Å². The minimum Gasteiger partial charge on any atom is -0.356 e. The third kappa shape index (κ3) is 3.06. The van der Waals surface area contributed by atoms with Gasteiger partial charge in [0.1, 0.15) is 5.82 Å². The van der Waals surface area contributed by atoms with Gasteiger partial charge in [-0.05, 0) is 37.8 Å². The topological polar surface area (TPSA) is 91.0 Å². The van der Waals surface area contributed by atoms with Gasteiger partial charge in [0.25, 0.3) is 10.0 Å². The lowest BCUT2D eigenvalue weighted by Gasteiger charge is -2.29. The van der Waals surface area contributed by atoms with Crippen molar-refractivity contribution < 1.29 is 8.42 Å². The molecule has 7 nitrogen and oxygen atoms in total. The largest absolute Gasteiger partial charge is 0.356 e. The predicted octanol–water partition coefficient (Wildman–Crippen LogP) is 1.90. The quantitative estimate of drug-likeness (QED) is 0.897. The molecule has 0 aromatic carbocycles. The van der Waals surface area contributed by atoms with Crippen molar-refractivity contribution in [1.29, 1.82) is 0 Å². The molecule has 8 heteroatoms. The summed E-state index contributed by atoms with van der Waals surface area (Å²) in [5, 5.41) is 0.0326. The lowest BCUT2D eigenvalue weighted by Crippen LogP contribution is -2.30. The molecule has 0 bridgehead atoms. The van der Waals surface area contributed by atoms with E-state index in [9.17, 15) is 8.42 Å². The van der Waals surface area contributed by atoms with E-state index >= 15 is 0 Å². The number of H-pyrrole nitrogens is 1. The van der Waals surface area contributed by atoms with Crippen LogP contribution >= 0.6 is 0 Å². The number of pyridine rings is 1. The highest BCUT2D eigenvalue weighted by molar-refractivity contribution is 7.92. The van der Waals surface area contributed by atoms with Crippen LogP contribution in [0, 0.1) is 6.92 Å². The first-order valence-corrected chi connectivity index (χ1v) is 8.77. The number of aromatic nitrogens is 3. The third-order valence-corrected chi connectivity index (χ3v) is 5.03. The van der Waals surface area contributed by atoms with Gasteiger partial charge >= 0.3 is 0 Å². The molecule has 0 radical (unpaired) electrons. The standard InChI is InChI=1S/C14H19N5O2S/c1-11-7-12(18-22(20,21)13-9-15-10-17-13)8-16-14(11)19-5-3-2-4-6-19/h7-10,18H,2-6H2,1H3,(H,15,17). The minimum atomic E-state index is -3.65. The number of aryl methyl sites for hydroxylation is 1. The molecular formula is C14H19N5O2S. The van der Waals surface area contributed by atoms with Crippen LogP contribution in [-0.4, -0.2) is 36.5 Å². The highest BCUT2D eigenvalue weighted by Gasteiger charge is 2.18. The van der Waals surface area contributed by atoms with Gasteiger partial charge in [0, 0.05) is 13.1 Å². The Bertz CT molecular complexity index is 737. The van der Waals surface area contributed by atoms with Crippen molar-refractivity contribution in [3.63, 3.8) is 0 Å². The van der Waals surface area contributed by atoms with Crippen molar-refractivity contribution in [2.75, 3.05) is 22.7 Å². The second-order valence-electron chi connectivity index (χ2n) is 5.43. The molecular weight excluding hydrogens is 302 g/mol. The summed E-state index contributed by atoms with van der Waals surface area (Å²) in [5.74, 6) is 0.934. The molecule has 118 valence electrons. The Labute approximate surface area is 129 Å². The number of anilines is 2. The van der Waals surface area contributed by atoms with Crippen molar-refractivity contribution in [3.8, 4) is 0 Å². The van der Waals surface area contributed by atoms with Gasteiger partial charge in [0.05, 0.1) is 24.4 Å². The predicted molar refractivity (Wildman–Crippen MR) is 84.4 cm³/mol. The third-order valence-electron chi connectivity index (χ3n) is 3.72. The Kier molecular flexibility index (Phi) is 4.02. The van der Waals surface area contributed by atoms with Crippen LogP contribution in [0.3, 0.4) is 0 Å². The number of hydrogen-bond acceptors (Lipinski definition) is 5. The number of nitrogens with zero attached hydrogens (tertiary/aromatic N) is 3. The molecule has 2 N–H and O–H groups in total. The molecule has 0 spiro atoms. The maximum Gasteiger partial charge on any atom is 0.279 e. The van der Waals surface area contributed by atoms with E-state index in [1.54, 1.807) is 6.20 Å². The molecule has 3 heterocycles. The number of sulfonamides is 1. The summed E-state index contributed by atoms with van der Waals surface area (Å²) in [7, 11) is -3.65. The van der Waals surface area contributed by atoms with Crippen LogP contribution in [-0.2, 0) is 10.0 Å². The Hall–Kier alpha value is -2.09. The lowest BCUT2D eigenvalue weighted by atomic mass is 10.1. The number of imidazole rings is 1. The van der Waals surface area contributed by atoms with Crippen molar-refractivity contribution in [1.82, 2.24) is 15.0 Å². The Balaban J connectivity index is 1.80. The number of rotatable bonds is 4.